The molecular weight excluding hydrogens is 370 g/mol. The summed E-state index contributed by atoms with van der Waals surface area (Å²) in [5, 5.41) is 4.89. The molecule has 1 aliphatic carbocycles. The molecule has 2 aromatic heterocycles. The number of carbonyl (C=O) groups excluding carboxylic acids is 1. The van der Waals surface area contributed by atoms with Crippen LogP contribution in [-0.4, -0.2) is 10.8 Å². The number of benzene rings is 1. The first-order valence-electron chi connectivity index (χ1n) is 8.30. The van der Waals surface area contributed by atoms with Gasteiger partial charge in [0, 0.05) is 20.7 Å². The van der Waals surface area contributed by atoms with Gasteiger partial charge in [0.2, 0.25) is 5.91 Å². The Labute approximate surface area is 160 Å². The van der Waals surface area contributed by atoms with Crippen LogP contribution in [0.2, 0.25) is 5.02 Å². The van der Waals surface area contributed by atoms with E-state index in [-0.39, 0.29) is 17.7 Å². The van der Waals surface area contributed by atoms with Crippen molar-refractivity contribution in [3.05, 3.63) is 79.6 Å². The van der Waals surface area contributed by atoms with E-state index < -0.39 is 0 Å². The summed E-state index contributed by atoms with van der Waals surface area (Å²) in [5.74, 6) is 0.557. The Morgan fingerprint density at radius 1 is 1.00 bits per heavy atom. The SMILES string of the molecule is O=C(C1CC1c1ccccc1Cl)N(Cc1cccs1)Cc1cccs1. The summed E-state index contributed by atoms with van der Waals surface area (Å²) in [7, 11) is 0. The van der Waals surface area contributed by atoms with E-state index in [1.165, 1.54) is 9.75 Å². The maximum absolute atomic E-state index is 13.1. The third-order valence-corrected chi connectivity index (χ3v) is 6.64. The molecule has 25 heavy (non-hydrogen) atoms. The topological polar surface area (TPSA) is 20.3 Å². The molecule has 0 saturated heterocycles. The van der Waals surface area contributed by atoms with Gasteiger partial charge in [0.15, 0.2) is 0 Å². The Morgan fingerprint density at radius 2 is 1.64 bits per heavy atom. The smallest absolute Gasteiger partial charge is 0.226 e. The minimum Gasteiger partial charge on any atom is -0.332 e. The molecule has 5 heteroatoms. The molecule has 128 valence electrons. The minimum absolute atomic E-state index is 0.0554. The molecule has 2 atom stereocenters. The Morgan fingerprint density at radius 3 is 2.20 bits per heavy atom. The van der Waals surface area contributed by atoms with Crippen molar-refractivity contribution in [2.75, 3.05) is 0 Å². The van der Waals surface area contributed by atoms with E-state index in [0.717, 1.165) is 17.0 Å². The predicted molar refractivity (Wildman–Crippen MR) is 105 cm³/mol. The number of hydrogen-bond donors (Lipinski definition) is 0. The highest BCUT2D eigenvalue weighted by atomic mass is 35.5. The van der Waals surface area contributed by atoms with Crippen molar-refractivity contribution in [1.29, 1.82) is 0 Å². The fraction of sp³-hybridized carbons (Fsp3) is 0.250. The van der Waals surface area contributed by atoms with E-state index >= 15 is 0 Å². The Balaban J connectivity index is 1.51. The van der Waals surface area contributed by atoms with Crippen LogP contribution in [-0.2, 0) is 17.9 Å². The molecule has 0 bridgehead atoms. The molecule has 2 unspecified atom stereocenters. The molecule has 2 nitrogen and oxygen atoms in total. The van der Waals surface area contributed by atoms with Crippen molar-refractivity contribution in [1.82, 2.24) is 4.90 Å². The van der Waals surface area contributed by atoms with Gasteiger partial charge in [0.1, 0.15) is 0 Å². The van der Waals surface area contributed by atoms with Crippen molar-refractivity contribution in [3.8, 4) is 0 Å². The molecule has 1 fully saturated rings. The van der Waals surface area contributed by atoms with Crippen molar-refractivity contribution in [3.63, 3.8) is 0 Å². The lowest BCUT2D eigenvalue weighted by Gasteiger charge is -2.22. The minimum atomic E-state index is 0.0554. The lowest BCUT2D eigenvalue weighted by atomic mass is 10.1. The average Bonchev–Trinajstić information content (AvgIpc) is 2.99. The Bertz CT molecular complexity index is 808. The molecular formula is C20H18ClNOS2. The summed E-state index contributed by atoms with van der Waals surface area (Å²) in [4.78, 5) is 17.6. The van der Waals surface area contributed by atoms with Crippen molar-refractivity contribution in [2.45, 2.75) is 25.4 Å². The highest BCUT2D eigenvalue weighted by Gasteiger charge is 2.46. The fourth-order valence-corrected chi connectivity index (χ4v) is 4.93. The normalized spacial score (nSPS) is 18.9. The van der Waals surface area contributed by atoms with E-state index in [1.54, 1.807) is 22.7 Å². The molecule has 1 saturated carbocycles. The first-order chi connectivity index (χ1) is 12.2. The first-order valence-corrected chi connectivity index (χ1v) is 10.4. The second-order valence-corrected chi connectivity index (χ2v) is 8.79. The van der Waals surface area contributed by atoms with Crippen LogP contribution in [0.25, 0.3) is 0 Å². The number of nitrogens with zero attached hydrogens (tertiary/aromatic N) is 1. The van der Waals surface area contributed by atoms with Gasteiger partial charge in [-0.3, -0.25) is 4.79 Å². The highest BCUT2D eigenvalue weighted by Crippen LogP contribution is 2.50. The van der Waals surface area contributed by atoms with E-state index in [0.29, 0.717) is 13.1 Å². The standard InChI is InChI=1S/C20H18ClNOS2/c21-19-8-2-1-7-16(19)17-11-18(17)20(23)22(12-14-5-3-9-24-14)13-15-6-4-10-25-15/h1-10,17-18H,11-13H2. The summed E-state index contributed by atoms with van der Waals surface area (Å²) >= 11 is 9.72. The summed E-state index contributed by atoms with van der Waals surface area (Å²) in [5.41, 5.74) is 1.11. The van der Waals surface area contributed by atoms with Gasteiger partial charge in [-0.1, -0.05) is 41.9 Å². The van der Waals surface area contributed by atoms with Gasteiger partial charge in [-0.05, 0) is 46.9 Å². The average molecular weight is 388 g/mol. The van der Waals surface area contributed by atoms with Crippen molar-refractivity contribution >= 4 is 40.2 Å². The highest BCUT2D eigenvalue weighted by molar-refractivity contribution is 7.10. The molecule has 0 N–H and O–H groups in total. The summed E-state index contributed by atoms with van der Waals surface area (Å²) in [6.45, 7) is 1.36. The summed E-state index contributed by atoms with van der Waals surface area (Å²) in [6, 6.07) is 16.2. The van der Waals surface area contributed by atoms with Crippen LogP contribution < -0.4 is 0 Å². The van der Waals surface area contributed by atoms with Gasteiger partial charge in [-0.25, -0.2) is 0 Å². The van der Waals surface area contributed by atoms with E-state index in [2.05, 4.69) is 22.9 Å². The number of rotatable bonds is 6. The molecule has 1 aliphatic rings. The Hall–Kier alpha value is -1.62. The van der Waals surface area contributed by atoms with Crippen LogP contribution in [0.5, 0.6) is 0 Å². The zero-order valence-electron chi connectivity index (χ0n) is 13.6. The fourth-order valence-electron chi connectivity index (χ4n) is 3.22. The molecule has 2 heterocycles. The zero-order chi connectivity index (χ0) is 17.2. The molecule has 4 rings (SSSR count). The van der Waals surface area contributed by atoms with Crippen LogP contribution in [0.15, 0.2) is 59.3 Å². The second-order valence-electron chi connectivity index (χ2n) is 6.32. The number of thiophene rings is 2. The number of hydrogen-bond acceptors (Lipinski definition) is 3. The molecule has 3 aromatic rings. The molecule has 1 amide bonds. The second kappa shape index (κ2) is 7.32. The molecule has 0 spiro atoms. The molecule has 0 radical (unpaired) electrons. The third kappa shape index (κ3) is 3.81. The van der Waals surface area contributed by atoms with E-state index in [9.17, 15) is 4.79 Å². The van der Waals surface area contributed by atoms with Gasteiger partial charge >= 0.3 is 0 Å². The van der Waals surface area contributed by atoms with E-state index in [4.69, 9.17) is 11.6 Å². The third-order valence-electron chi connectivity index (χ3n) is 4.58. The van der Waals surface area contributed by atoms with Crippen molar-refractivity contribution in [2.24, 2.45) is 5.92 Å². The van der Waals surface area contributed by atoms with Crippen LogP contribution in [0, 0.1) is 5.92 Å². The largest absolute Gasteiger partial charge is 0.332 e. The summed E-state index contributed by atoms with van der Waals surface area (Å²) in [6.07, 6.45) is 0.897. The van der Waals surface area contributed by atoms with E-state index in [1.807, 2.05) is 41.3 Å². The number of halogens is 1. The van der Waals surface area contributed by atoms with Gasteiger partial charge < -0.3 is 4.90 Å². The molecule has 1 aromatic carbocycles. The Kier molecular flexibility index (Phi) is 4.93. The zero-order valence-corrected chi connectivity index (χ0v) is 16.0. The van der Waals surface area contributed by atoms with Gasteiger partial charge in [0.05, 0.1) is 13.1 Å². The monoisotopic (exact) mass is 387 g/mol. The lowest BCUT2D eigenvalue weighted by Crippen LogP contribution is -2.31. The molecule has 0 aliphatic heterocycles. The van der Waals surface area contributed by atoms with Crippen LogP contribution in [0.4, 0.5) is 0 Å². The number of carbonyl (C=O) groups is 1. The predicted octanol–water partition coefficient (Wildman–Crippen LogP) is 5.80. The van der Waals surface area contributed by atoms with Crippen LogP contribution in [0.1, 0.15) is 27.7 Å². The quantitative estimate of drug-likeness (QED) is 0.523. The van der Waals surface area contributed by atoms with Gasteiger partial charge in [-0.15, -0.1) is 22.7 Å². The summed E-state index contributed by atoms with van der Waals surface area (Å²) < 4.78 is 0. The number of amides is 1. The van der Waals surface area contributed by atoms with Gasteiger partial charge in [0.25, 0.3) is 0 Å². The maximum Gasteiger partial charge on any atom is 0.226 e. The first kappa shape index (κ1) is 16.8. The lowest BCUT2D eigenvalue weighted by molar-refractivity contribution is -0.133. The van der Waals surface area contributed by atoms with Crippen LogP contribution >= 0.6 is 34.3 Å². The maximum atomic E-state index is 13.1. The van der Waals surface area contributed by atoms with Gasteiger partial charge in [-0.2, -0.15) is 0 Å². The van der Waals surface area contributed by atoms with Crippen molar-refractivity contribution < 1.29 is 4.79 Å². The van der Waals surface area contributed by atoms with Crippen LogP contribution in [0.3, 0.4) is 0 Å².